The highest BCUT2D eigenvalue weighted by molar-refractivity contribution is 9.10. The van der Waals surface area contributed by atoms with Crippen molar-refractivity contribution in [2.75, 3.05) is 19.7 Å². The summed E-state index contributed by atoms with van der Waals surface area (Å²) in [5.74, 6) is 0.172. The van der Waals surface area contributed by atoms with Crippen LogP contribution in [-0.4, -0.2) is 61.6 Å². The Morgan fingerprint density at radius 3 is 2.90 bits per heavy atom. The molecule has 3 aromatic rings. The minimum absolute atomic E-state index is 0.201. The average Bonchev–Trinajstić information content (AvgIpc) is 3.19. The van der Waals surface area contributed by atoms with Gasteiger partial charge in [-0.2, -0.15) is 0 Å². The first-order valence-electron chi connectivity index (χ1n) is 10.5. The van der Waals surface area contributed by atoms with Gasteiger partial charge in [0.1, 0.15) is 10.3 Å². The first kappa shape index (κ1) is 20.4. The highest BCUT2D eigenvalue weighted by Gasteiger charge is 2.45. The molecular weight excluding hydrogens is 462 g/mol. The van der Waals surface area contributed by atoms with Crippen molar-refractivity contribution < 1.29 is 14.6 Å². The maximum absolute atomic E-state index is 13.2. The van der Waals surface area contributed by atoms with Crippen LogP contribution in [0.4, 0.5) is 0 Å². The molecule has 2 atom stereocenters. The first-order chi connectivity index (χ1) is 15.0. The number of aromatic nitrogens is 3. The number of carbonyl (C=O) groups excluding carboxylic acids is 1. The topological polar surface area (TPSA) is 92.0 Å². The van der Waals surface area contributed by atoms with Crippen LogP contribution in [0.15, 0.2) is 41.3 Å². The van der Waals surface area contributed by atoms with E-state index < -0.39 is 11.6 Å². The molecule has 2 N–H and O–H groups in total. The molecular formula is C22H24BrN5O3. The molecule has 1 saturated heterocycles. The molecule has 0 bridgehead atoms. The molecule has 162 valence electrons. The predicted octanol–water partition coefficient (Wildman–Crippen LogP) is 2.18. The number of hydrogen-bond donors (Lipinski definition) is 2. The lowest BCUT2D eigenvalue weighted by atomic mass is 9.76. The number of β-amino-alcohol motifs (C(OH)–C–C–N with tert-alkyl or cyclic N) is 1. The Bertz CT molecular complexity index is 1150. The highest BCUT2D eigenvalue weighted by atomic mass is 79.9. The van der Waals surface area contributed by atoms with Gasteiger partial charge < -0.3 is 20.1 Å². The van der Waals surface area contributed by atoms with E-state index in [9.17, 15) is 9.90 Å². The number of amides is 1. The van der Waals surface area contributed by atoms with E-state index in [-0.39, 0.29) is 12.5 Å². The van der Waals surface area contributed by atoms with Crippen molar-refractivity contribution in [3.8, 4) is 5.88 Å². The molecule has 1 spiro atoms. The molecule has 0 radical (unpaired) electrons. The Morgan fingerprint density at radius 2 is 2.13 bits per heavy atom. The summed E-state index contributed by atoms with van der Waals surface area (Å²) in [6.07, 6.45) is 4.20. The smallest absolute Gasteiger partial charge is 0.274 e. The maximum Gasteiger partial charge on any atom is 0.274 e. The normalized spacial score (nSPS) is 23.2. The standard InChI is InChI=1S/C22H24BrN5O3/c1-2-31-20-19-25-16(11-28(19)13-18(23)26-20)21(30)27-8-7-22(17(29)12-27)9-14-5-3-4-6-15(14)10-24-22/h3-6,11,13,17,24,29H,2,7-10,12H2,1H3/t17-,22+/m1/s1. The lowest BCUT2D eigenvalue weighted by Crippen LogP contribution is -2.65. The number of rotatable bonds is 3. The van der Waals surface area contributed by atoms with E-state index in [1.165, 1.54) is 11.1 Å². The third-order valence-corrected chi connectivity index (χ3v) is 6.66. The zero-order valence-corrected chi connectivity index (χ0v) is 18.8. The Hall–Kier alpha value is -2.49. The van der Waals surface area contributed by atoms with E-state index in [0.29, 0.717) is 41.4 Å². The first-order valence-corrected chi connectivity index (χ1v) is 11.3. The van der Waals surface area contributed by atoms with Gasteiger partial charge in [0.25, 0.3) is 11.8 Å². The van der Waals surface area contributed by atoms with Gasteiger partial charge in [0.15, 0.2) is 0 Å². The molecule has 2 aliphatic rings. The van der Waals surface area contributed by atoms with Crippen LogP contribution < -0.4 is 10.1 Å². The monoisotopic (exact) mass is 485 g/mol. The molecule has 0 saturated carbocycles. The van der Waals surface area contributed by atoms with E-state index in [1.54, 1.807) is 21.7 Å². The van der Waals surface area contributed by atoms with Gasteiger partial charge >= 0.3 is 0 Å². The molecule has 9 heteroatoms. The van der Waals surface area contributed by atoms with Crippen LogP contribution in [0, 0.1) is 0 Å². The van der Waals surface area contributed by atoms with Gasteiger partial charge in [-0.1, -0.05) is 24.3 Å². The highest BCUT2D eigenvalue weighted by Crippen LogP contribution is 2.32. The van der Waals surface area contributed by atoms with Crippen molar-refractivity contribution in [3.05, 3.63) is 58.1 Å². The Labute approximate surface area is 188 Å². The summed E-state index contributed by atoms with van der Waals surface area (Å²) in [6.45, 7) is 3.87. The van der Waals surface area contributed by atoms with Crippen LogP contribution >= 0.6 is 15.9 Å². The van der Waals surface area contributed by atoms with E-state index in [1.807, 2.05) is 19.1 Å². The summed E-state index contributed by atoms with van der Waals surface area (Å²) in [7, 11) is 0. The predicted molar refractivity (Wildman–Crippen MR) is 118 cm³/mol. The fourth-order valence-electron chi connectivity index (χ4n) is 4.59. The number of carbonyl (C=O) groups is 1. The Morgan fingerprint density at radius 1 is 1.32 bits per heavy atom. The van der Waals surface area contributed by atoms with Gasteiger partial charge in [0.2, 0.25) is 5.65 Å². The number of halogens is 1. The largest absolute Gasteiger partial charge is 0.475 e. The van der Waals surface area contributed by atoms with Gasteiger partial charge in [0.05, 0.1) is 18.2 Å². The molecule has 2 aliphatic heterocycles. The van der Waals surface area contributed by atoms with Gasteiger partial charge in [-0.15, -0.1) is 0 Å². The molecule has 8 nitrogen and oxygen atoms in total. The minimum atomic E-state index is -0.662. The molecule has 4 heterocycles. The molecule has 1 fully saturated rings. The molecule has 5 rings (SSSR count). The van der Waals surface area contributed by atoms with Crippen LogP contribution in [-0.2, 0) is 13.0 Å². The SMILES string of the molecule is CCOc1nc(Br)cn2cc(C(=O)N3CC[C@]4(Cc5ccccc5CN4)[C@H](O)C3)nc12. The third kappa shape index (κ3) is 3.60. The van der Waals surface area contributed by atoms with Crippen molar-refractivity contribution in [2.24, 2.45) is 0 Å². The summed E-state index contributed by atoms with van der Waals surface area (Å²) in [4.78, 5) is 23.6. The number of likely N-dealkylation sites (tertiary alicyclic amines) is 1. The van der Waals surface area contributed by atoms with Crippen LogP contribution in [0.3, 0.4) is 0 Å². The molecule has 0 unspecified atom stereocenters. The van der Waals surface area contributed by atoms with Crippen molar-refractivity contribution in [3.63, 3.8) is 0 Å². The number of nitrogens with one attached hydrogen (secondary N) is 1. The van der Waals surface area contributed by atoms with Crippen molar-refractivity contribution in [1.29, 1.82) is 0 Å². The van der Waals surface area contributed by atoms with Crippen LogP contribution in [0.2, 0.25) is 0 Å². The van der Waals surface area contributed by atoms with Crippen molar-refractivity contribution in [1.82, 2.24) is 24.6 Å². The minimum Gasteiger partial charge on any atom is -0.475 e. The lowest BCUT2D eigenvalue weighted by molar-refractivity contribution is -0.0140. The van der Waals surface area contributed by atoms with Gasteiger partial charge in [0, 0.05) is 32.0 Å². The average molecular weight is 486 g/mol. The second-order valence-electron chi connectivity index (χ2n) is 8.13. The number of fused-ring (bicyclic) bond motifs is 2. The Balaban J connectivity index is 1.36. The van der Waals surface area contributed by atoms with Gasteiger partial charge in [-0.05, 0) is 46.8 Å². The molecule has 1 aromatic carbocycles. The number of aliphatic hydroxyl groups excluding tert-OH is 1. The number of aliphatic hydroxyl groups is 1. The van der Waals surface area contributed by atoms with E-state index in [0.717, 1.165) is 13.0 Å². The lowest BCUT2D eigenvalue weighted by Gasteiger charge is -2.48. The van der Waals surface area contributed by atoms with E-state index in [4.69, 9.17) is 4.74 Å². The van der Waals surface area contributed by atoms with Gasteiger partial charge in [-0.25, -0.2) is 9.97 Å². The van der Waals surface area contributed by atoms with E-state index >= 15 is 0 Å². The van der Waals surface area contributed by atoms with Crippen molar-refractivity contribution >= 4 is 27.5 Å². The summed E-state index contributed by atoms with van der Waals surface area (Å²) in [5, 5.41) is 14.6. The number of piperidine rings is 1. The zero-order valence-electron chi connectivity index (χ0n) is 17.2. The molecule has 1 amide bonds. The summed E-state index contributed by atoms with van der Waals surface area (Å²) in [5.41, 5.74) is 2.94. The van der Waals surface area contributed by atoms with Crippen molar-refractivity contribution in [2.45, 2.75) is 38.0 Å². The second kappa shape index (κ2) is 7.89. The molecule has 0 aliphatic carbocycles. The molecule has 2 aromatic heterocycles. The fourth-order valence-corrected chi connectivity index (χ4v) is 4.97. The van der Waals surface area contributed by atoms with Crippen LogP contribution in [0.1, 0.15) is 35.0 Å². The maximum atomic E-state index is 13.2. The second-order valence-corrected chi connectivity index (χ2v) is 8.94. The van der Waals surface area contributed by atoms with Gasteiger partial charge in [-0.3, -0.25) is 9.20 Å². The molecule has 31 heavy (non-hydrogen) atoms. The van der Waals surface area contributed by atoms with Crippen LogP contribution in [0.25, 0.3) is 5.65 Å². The number of nitrogens with zero attached hydrogens (tertiary/aromatic N) is 4. The zero-order chi connectivity index (χ0) is 21.6. The number of benzene rings is 1. The Kier molecular flexibility index (Phi) is 5.19. The summed E-state index contributed by atoms with van der Waals surface area (Å²) < 4.78 is 7.89. The summed E-state index contributed by atoms with van der Waals surface area (Å²) in [6, 6.07) is 8.32. The van der Waals surface area contributed by atoms with E-state index in [2.05, 4.69) is 43.3 Å². The van der Waals surface area contributed by atoms with Crippen LogP contribution in [0.5, 0.6) is 5.88 Å². The fraction of sp³-hybridized carbons (Fsp3) is 0.409. The third-order valence-electron chi connectivity index (χ3n) is 6.28. The quantitative estimate of drug-likeness (QED) is 0.590. The number of ether oxygens (including phenoxy) is 1. The summed E-state index contributed by atoms with van der Waals surface area (Å²) >= 11 is 3.36. The number of imidazole rings is 1. The number of hydrogen-bond acceptors (Lipinski definition) is 6.